The van der Waals surface area contributed by atoms with Crippen molar-refractivity contribution in [3.8, 4) is 0 Å². The topological polar surface area (TPSA) is 35.5 Å². The SMILES string of the molecule is COC(=O)C[C@@](C)(OC)c1ccccc1. The van der Waals surface area contributed by atoms with Gasteiger partial charge in [0.15, 0.2) is 0 Å². The van der Waals surface area contributed by atoms with Gasteiger partial charge in [0.2, 0.25) is 0 Å². The van der Waals surface area contributed by atoms with Gasteiger partial charge >= 0.3 is 5.97 Å². The average molecular weight is 208 g/mol. The van der Waals surface area contributed by atoms with E-state index in [9.17, 15) is 4.79 Å². The van der Waals surface area contributed by atoms with Crippen molar-refractivity contribution < 1.29 is 14.3 Å². The van der Waals surface area contributed by atoms with Gasteiger partial charge in [-0.25, -0.2) is 0 Å². The number of esters is 1. The van der Waals surface area contributed by atoms with Crippen molar-refractivity contribution in [2.24, 2.45) is 0 Å². The van der Waals surface area contributed by atoms with Crippen LogP contribution in [0.4, 0.5) is 0 Å². The lowest BCUT2D eigenvalue weighted by molar-refractivity contribution is -0.147. The predicted molar refractivity (Wildman–Crippen MR) is 57.4 cm³/mol. The summed E-state index contributed by atoms with van der Waals surface area (Å²) in [5, 5.41) is 0. The van der Waals surface area contributed by atoms with Crippen LogP contribution >= 0.6 is 0 Å². The predicted octanol–water partition coefficient (Wildman–Crippen LogP) is 2.11. The molecule has 0 aliphatic carbocycles. The number of benzene rings is 1. The minimum Gasteiger partial charge on any atom is -0.469 e. The first-order valence-corrected chi connectivity index (χ1v) is 4.80. The largest absolute Gasteiger partial charge is 0.469 e. The third-order valence-corrected chi connectivity index (χ3v) is 2.54. The van der Waals surface area contributed by atoms with E-state index in [0.29, 0.717) is 0 Å². The molecular formula is C12H16O3. The summed E-state index contributed by atoms with van der Waals surface area (Å²) in [6.07, 6.45) is 0.212. The third-order valence-electron chi connectivity index (χ3n) is 2.54. The summed E-state index contributed by atoms with van der Waals surface area (Å²) in [6.45, 7) is 1.87. The van der Waals surface area contributed by atoms with E-state index in [4.69, 9.17) is 4.74 Å². The number of ether oxygens (including phenoxy) is 2. The summed E-state index contributed by atoms with van der Waals surface area (Å²) >= 11 is 0. The third kappa shape index (κ3) is 2.80. The summed E-state index contributed by atoms with van der Waals surface area (Å²) in [7, 11) is 2.97. The Kier molecular flexibility index (Phi) is 3.86. The Labute approximate surface area is 90.0 Å². The van der Waals surface area contributed by atoms with E-state index in [2.05, 4.69) is 4.74 Å². The fraction of sp³-hybridized carbons (Fsp3) is 0.417. The second-order valence-corrected chi connectivity index (χ2v) is 3.55. The fourth-order valence-electron chi connectivity index (χ4n) is 1.43. The van der Waals surface area contributed by atoms with E-state index in [1.807, 2.05) is 37.3 Å². The van der Waals surface area contributed by atoms with Crippen LogP contribution in [-0.2, 0) is 19.9 Å². The van der Waals surface area contributed by atoms with E-state index in [1.165, 1.54) is 7.11 Å². The zero-order valence-corrected chi connectivity index (χ0v) is 9.32. The van der Waals surface area contributed by atoms with Crippen LogP contribution < -0.4 is 0 Å². The number of carbonyl (C=O) groups is 1. The van der Waals surface area contributed by atoms with Crippen LogP contribution in [0.15, 0.2) is 30.3 Å². The van der Waals surface area contributed by atoms with Gasteiger partial charge in [-0.1, -0.05) is 30.3 Å². The van der Waals surface area contributed by atoms with Crippen LogP contribution in [0, 0.1) is 0 Å². The monoisotopic (exact) mass is 208 g/mol. The second-order valence-electron chi connectivity index (χ2n) is 3.55. The van der Waals surface area contributed by atoms with E-state index in [-0.39, 0.29) is 12.4 Å². The number of carbonyl (C=O) groups excluding carboxylic acids is 1. The minimum atomic E-state index is -0.617. The Morgan fingerprint density at radius 3 is 2.33 bits per heavy atom. The molecule has 0 spiro atoms. The molecule has 3 heteroatoms. The highest BCUT2D eigenvalue weighted by Crippen LogP contribution is 2.28. The molecule has 0 fully saturated rings. The zero-order chi connectivity index (χ0) is 11.3. The molecule has 0 N–H and O–H groups in total. The molecule has 3 nitrogen and oxygen atoms in total. The van der Waals surface area contributed by atoms with E-state index >= 15 is 0 Å². The van der Waals surface area contributed by atoms with Crippen LogP contribution in [-0.4, -0.2) is 20.2 Å². The molecule has 1 atom stereocenters. The van der Waals surface area contributed by atoms with Crippen molar-refractivity contribution in [1.82, 2.24) is 0 Å². The lowest BCUT2D eigenvalue weighted by Crippen LogP contribution is -2.28. The molecule has 0 aliphatic heterocycles. The molecule has 82 valence electrons. The van der Waals surface area contributed by atoms with Crippen LogP contribution in [0.3, 0.4) is 0 Å². The van der Waals surface area contributed by atoms with Gasteiger partial charge in [-0.15, -0.1) is 0 Å². The van der Waals surface area contributed by atoms with E-state index in [0.717, 1.165) is 5.56 Å². The summed E-state index contributed by atoms with van der Waals surface area (Å²) in [5.74, 6) is -0.275. The molecular weight excluding hydrogens is 192 g/mol. The zero-order valence-electron chi connectivity index (χ0n) is 9.32. The Balaban J connectivity index is 2.90. The molecule has 0 aliphatic rings. The van der Waals surface area contributed by atoms with Crippen LogP contribution in [0.2, 0.25) is 0 Å². The van der Waals surface area contributed by atoms with Crippen LogP contribution in [0.1, 0.15) is 18.9 Å². The maximum absolute atomic E-state index is 11.3. The second kappa shape index (κ2) is 4.94. The van der Waals surface area contributed by atoms with Gasteiger partial charge in [-0.2, -0.15) is 0 Å². The van der Waals surface area contributed by atoms with Crippen LogP contribution in [0.25, 0.3) is 0 Å². The molecule has 0 bridgehead atoms. The molecule has 0 amide bonds. The Bertz CT molecular complexity index is 321. The summed E-state index contributed by atoms with van der Waals surface area (Å²) in [5.41, 5.74) is 0.354. The molecule has 1 aromatic carbocycles. The molecule has 0 heterocycles. The maximum Gasteiger partial charge on any atom is 0.308 e. The smallest absolute Gasteiger partial charge is 0.308 e. The number of rotatable bonds is 4. The summed E-state index contributed by atoms with van der Waals surface area (Å²) < 4.78 is 10.0. The van der Waals surface area contributed by atoms with Crippen molar-refractivity contribution in [3.63, 3.8) is 0 Å². The molecule has 1 rings (SSSR count). The van der Waals surface area contributed by atoms with Gasteiger partial charge in [0.25, 0.3) is 0 Å². The van der Waals surface area contributed by atoms with E-state index < -0.39 is 5.60 Å². The van der Waals surface area contributed by atoms with Crippen LogP contribution in [0.5, 0.6) is 0 Å². The molecule has 0 saturated heterocycles. The van der Waals surface area contributed by atoms with Crippen molar-refractivity contribution in [1.29, 1.82) is 0 Å². The number of hydrogen-bond acceptors (Lipinski definition) is 3. The maximum atomic E-state index is 11.3. The highest BCUT2D eigenvalue weighted by molar-refractivity contribution is 5.70. The highest BCUT2D eigenvalue weighted by Gasteiger charge is 2.29. The normalized spacial score (nSPS) is 14.3. The minimum absolute atomic E-state index is 0.212. The van der Waals surface area contributed by atoms with Gasteiger partial charge in [0.05, 0.1) is 13.5 Å². The first kappa shape index (κ1) is 11.7. The summed E-state index contributed by atoms with van der Waals surface area (Å²) in [6, 6.07) is 9.64. The molecule has 1 aromatic rings. The molecule has 0 radical (unpaired) electrons. The lowest BCUT2D eigenvalue weighted by atomic mass is 9.92. The Hall–Kier alpha value is -1.35. The van der Waals surface area contributed by atoms with Gasteiger partial charge in [0.1, 0.15) is 5.60 Å². The van der Waals surface area contributed by atoms with Crippen molar-refractivity contribution in [2.75, 3.05) is 14.2 Å². The molecule has 15 heavy (non-hydrogen) atoms. The van der Waals surface area contributed by atoms with Crippen molar-refractivity contribution >= 4 is 5.97 Å². The Morgan fingerprint density at radius 2 is 1.87 bits per heavy atom. The first-order valence-electron chi connectivity index (χ1n) is 4.80. The van der Waals surface area contributed by atoms with Gasteiger partial charge < -0.3 is 9.47 Å². The summed E-state index contributed by atoms with van der Waals surface area (Å²) in [4.78, 5) is 11.3. The standard InChI is InChI=1S/C12H16O3/c1-12(15-3,9-11(13)14-2)10-7-5-4-6-8-10/h4-8H,9H2,1-3H3/t12-/m1/s1. The van der Waals surface area contributed by atoms with Gasteiger partial charge in [-0.3, -0.25) is 4.79 Å². The highest BCUT2D eigenvalue weighted by atomic mass is 16.5. The fourth-order valence-corrected chi connectivity index (χ4v) is 1.43. The number of methoxy groups -OCH3 is 2. The lowest BCUT2D eigenvalue weighted by Gasteiger charge is -2.27. The average Bonchev–Trinajstić information content (AvgIpc) is 2.30. The molecule has 0 saturated carbocycles. The van der Waals surface area contributed by atoms with Gasteiger partial charge in [0, 0.05) is 7.11 Å². The van der Waals surface area contributed by atoms with Crippen molar-refractivity contribution in [3.05, 3.63) is 35.9 Å². The van der Waals surface area contributed by atoms with E-state index in [1.54, 1.807) is 7.11 Å². The quantitative estimate of drug-likeness (QED) is 0.711. The number of hydrogen-bond donors (Lipinski definition) is 0. The van der Waals surface area contributed by atoms with Gasteiger partial charge in [-0.05, 0) is 12.5 Å². The Morgan fingerprint density at radius 1 is 1.27 bits per heavy atom. The molecule has 0 aromatic heterocycles. The van der Waals surface area contributed by atoms with Crippen molar-refractivity contribution in [2.45, 2.75) is 18.9 Å². The first-order chi connectivity index (χ1) is 7.12. The molecule has 0 unspecified atom stereocenters.